The molecule has 2 fully saturated rings. The van der Waals surface area contributed by atoms with Crippen LogP contribution in [0.2, 0.25) is 0 Å². The fourth-order valence-electron chi connectivity index (χ4n) is 6.18. The zero-order valence-electron chi connectivity index (χ0n) is 20.3. The van der Waals surface area contributed by atoms with Crippen molar-refractivity contribution in [3.8, 4) is 5.75 Å². The number of hydrogen-bond donors (Lipinski definition) is 4. The van der Waals surface area contributed by atoms with Crippen LogP contribution < -0.4 is 11.1 Å². The molecule has 10 nitrogen and oxygen atoms in total. The SMILES string of the molecule is CN(C)C1C(=O)C(C(N)=O)C(=O)C2(O)C(=O)C3C(=O)c4c(O)cc(CNCC(F)(F)F)c(F)c4CC3CC12. The molecule has 6 unspecified atom stereocenters. The van der Waals surface area contributed by atoms with E-state index in [0.29, 0.717) is 0 Å². The molecule has 6 atom stereocenters. The highest BCUT2D eigenvalue weighted by Gasteiger charge is 2.69. The third kappa shape index (κ3) is 4.10. The minimum Gasteiger partial charge on any atom is -0.507 e. The van der Waals surface area contributed by atoms with E-state index in [1.807, 2.05) is 5.32 Å². The summed E-state index contributed by atoms with van der Waals surface area (Å²) in [7, 11) is 2.85. The summed E-state index contributed by atoms with van der Waals surface area (Å²) in [4.78, 5) is 66.5. The van der Waals surface area contributed by atoms with E-state index in [2.05, 4.69) is 0 Å². The van der Waals surface area contributed by atoms with Gasteiger partial charge in [0.25, 0.3) is 0 Å². The molecule has 5 N–H and O–H groups in total. The number of ketones is 4. The Kier molecular flexibility index (Phi) is 6.73. The van der Waals surface area contributed by atoms with Gasteiger partial charge in [0, 0.05) is 23.6 Å². The third-order valence-electron chi connectivity index (χ3n) is 7.71. The number of nitrogens with two attached hydrogens (primary N) is 1. The molecule has 2 saturated carbocycles. The van der Waals surface area contributed by atoms with Gasteiger partial charge in [0.1, 0.15) is 11.6 Å². The van der Waals surface area contributed by atoms with Gasteiger partial charge in [-0.25, -0.2) is 4.39 Å². The van der Waals surface area contributed by atoms with E-state index in [0.717, 1.165) is 6.07 Å². The minimum atomic E-state index is -4.57. The summed E-state index contributed by atoms with van der Waals surface area (Å²) in [6, 6.07) is -0.538. The maximum absolute atomic E-state index is 15.4. The Morgan fingerprint density at radius 1 is 1.21 bits per heavy atom. The number of halogens is 4. The summed E-state index contributed by atoms with van der Waals surface area (Å²) in [6.07, 6.45) is -5.18. The van der Waals surface area contributed by atoms with Gasteiger partial charge in [-0.3, -0.25) is 28.9 Å². The smallest absolute Gasteiger partial charge is 0.401 e. The van der Waals surface area contributed by atoms with Crippen molar-refractivity contribution in [1.82, 2.24) is 10.2 Å². The number of alkyl halides is 3. The number of likely N-dealkylation sites (N-methyl/N-ethyl adjacent to an activating group) is 1. The second-order valence-electron chi connectivity index (χ2n) is 10.2. The van der Waals surface area contributed by atoms with Crippen molar-refractivity contribution in [2.45, 2.75) is 37.2 Å². The minimum absolute atomic E-state index is 0.277. The fraction of sp³-hybridized carbons (Fsp3) is 0.542. The first kappa shape index (κ1) is 27.8. The Hall–Kier alpha value is -3.23. The summed E-state index contributed by atoms with van der Waals surface area (Å²) < 4.78 is 52.8. The number of carbonyl (C=O) groups is 5. The molecule has 4 rings (SSSR count). The molecule has 0 saturated heterocycles. The Bertz CT molecular complexity index is 1260. The molecule has 1 aromatic carbocycles. The molecule has 0 spiro atoms. The number of primary amides is 1. The van der Waals surface area contributed by atoms with Crippen molar-refractivity contribution in [2.75, 3.05) is 20.6 Å². The number of fused-ring (bicyclic) bond motifs is 3. The standard InChI is InChI=1S/C24H25F4N3O7/c1-31(2)17-11-4-8-3-10-14(12(32)5-9(16(10)25)6-30-7-23(26,27)28)18(33)13(8)20(35)24(11,38)21(36)15(19(17)34)22(29)37/h5,8,11,13,15,17,30,32,38H,3-4,6-7H2,1-2H3,(H2,29,37). The normalized spacial score (nSPS) is 31.2. The zero-order chi connectivity index (χ0) is 28.5. The Morgan fingerprint density at radius 3 is 2.39 bits per heavy atom. The molecular weight excluding hydrogens is 518 g/mol. The van der Waals surface area contributed by atoms with Crippen LogP contribution in [0.1, 0.15) is 27.9 Å². The van der Waals surface area contributed by atoms with E-state index in [9.17, 15) is 47.4 Å². The van der Waals surface area contributed by atoms with Crippen molar-refractivity contribution in [2.24, 2.45) is 29.4 Å². The van der Waals surface area contributed by atoms with E-state index in [1.54, 1.807) is 0 Å². The summed E-state index contributed by atoms with van der Waals surface area (Å²) in [5, 5.41) is 23.9. The molecule has 14 heteroatoms. The molecule has 1 amide bonds. The van der Waals surface area contributed by atoms with Gasteiger partial charge in [-0.15, -0.1) is 0 Å². The maximum atomic E-state index is 15.4. The van der Waals surface area contributed by atoms with Crippen molar-refractivity contribution >= 4 is 29.0 Å². The van der Waals surface area contributed by atoms with E-state index < -0.39 is 101 Å². The highest BCUT2D eigenvalue weighted by atomic mass is 19.4. The number of phenolic OH excluding ortho intramolecular Hbond substituents is 1. The van der Waals surface area contributed by atoms with Crippen molar-refractivity contribution in [3.63, 3.8) is 0 Å². The lowest BCUT2D eigenvalue weighted by Gasteiger charge is -2.52. The number of benzene rings is 1. The van der Waals surface area contributed by atoms with Crippen LogP contribution in [0.15, 0.2) is 6.07 Å². The van der Waals surface area contributed by atoms with Crippen molar-refractivity contribution in [3.05, 3.63) is 28.6 Å². The first-order valence-electron chi connectivity index (χ1n) is 11.7. The molecule has 0 aromatic heterocycles. The molecule has 38 heavy (non-hydrogen) atoms. The number of hydrogen-bond acceptors (Lipinski definition) is 9. The average Bonchev–Trinajstić information content (AvgIpc) is 2.78. The molecular formula is C24H25F4N3O7. The monoisotopic (exact) mass is 543 g/mol. The topological polar surface area (TPSA) is 167 Å². The summed E-state index contributed by atoms with van der Waals surface area (Å²) >= 11 is 0. The number of phenols is 1. The first-order valence-corrected chi connectivity index (χ1v) is 11.7. The van der Waals surface area contributed by atoms with E-state index in [4.69, 9.17) is 5.73 Å². The number of nitrogens with zero attached hydrogens (tertiary/aromatic N) is 1. The molecule has 206 valence electrons. The largest absolute Gasteiger partial charge is 0.507 e. The lowest BCUT2D eigenvalue weighted by Crippen LogP contribution is -2.74. The number of amides is 1. The summed E-state index contributed by atoms with van der Waals surface area (Å²) in [6.45, 7) is -2.04. The van der Waals surface area contributed by atoms with Crippen LogP contribution in [0, 0.1) is 29.5 Å². The zero-order valence-corrected chi connectivity index (χ0v) is 20.3. The van der Waals surface area contributed by atoms with Crippen LogP contribution >= 0.6 is 0 Å². The van der Waals surface area contributed by atoms with E-state index in [1.165, 1.54) is 19.0 Å². The van der Waals surface area contributed by atoms with Crippen molar-refractivity contribution < 1.29 is 51.7 Å². The number of rotatable bonds is 5. The highest BCUT2D eigenvalue weighted by molar-refractivity contribution is 6.32. The van der Waals surface area contributed by atoms with Gasteiger partial charge < -0.3 is 21.3 Å². The predicted octanol–water partition coefficient (Wildman–Crippen LogP) is -0.342. The van der Waals surface area contributed by atoms with E-state index >= 15 is 4.39 Å². The molecule has 3 aliphatic rings. The number of aliphatic hydroxyl groups is 1. The summed E-state index contributed by atoms with van der Waals surface area (Å²) in [5.74, 6) is -14.1. The predicted molar refractivity (Wildman–Crippen MR) is 119 cm³/mol. The number of carbonyl (C=O) groups excluding carboxylic acids is 5. The number of Topliss-reactive ketones (excluding diaryl/α,β-unsaturated/α-hetero) is 4. The third-order valence-corrected chi connectivity index (χ3v) is 7.71. The van der Waals surface area contributed by atoms with Crippen LogP contribution in [0.4, 0.5) is 17.6 Å². The highest BCUT2D eigenvalue weighted by Crippen LogP contribution is 2.51. The molecule has 1 aromatic rings. The van der Waals surface area contributed by atoms with Crippen LogP contribution in [-0.4, -0.2) is 82.6 Å². The van der Waals surface area contributed by atoms with Crippen LogP contribution in [0.25, 0.3) is 0 Å². The molecule has 0 bridgehead atoms. The van der Waals surface area contributed by atoms with Crippen molar-refractivity contribution in [1.29, 1.82) is 0 Å². The van der Waals surface area contributed by atoms with Gasteiger partial charge >= 0.3 is 6.18 Å². The average molecular weight is 543 g/mol. The van der Waals surface area contributed by atoms with E-state index in [-0.39, 0.29) is 24.0 Å². The van der Waals surface area contributed by atoms with Gasteiger partial charge in [-0.05, 0) is 38.9 Å². The Labute approximate surface area is 213 Å². The first-order chi connectivity index (χ1) is 17.5. The van der Waals surface area contributed by atoms with Gasteiger partial charge in [0.05, 0.1) is 24.1 Å². The lowest BCUT2D eigenvalue weighted by atomic mass is 9.52. The second-order valence-corrected chi connectivity index (χ2v) is 10.2. The molecule has 3 aliphatic carbocycles. The number of aromatic hydroxyl groups is 1. The lowest BCUT2D eigenvalue weighted by molar-refractivity contribution is -0.181. The summed E-state index contributed by atoms with van der Waals surface area (Å²) in [5.41, 5.74) is 1.10. The van der Waals surface area contributed by atoms with Crippen LogP contribution in [0.3, 0.4) is 0 Å². The second kappa shape index (κ2) is 9.20. The van der Waals surface area contributed by atoms with Crippen LogP contribution in [0.5, 0.6) is 5.75 Å². The van der Waals surface area contributed by atoms with Gasteiger partial charge in [-0.1, -0.05) is 0 Å². The Balaban J connectivity index is 1.77. The van der Waals surface area contributed by atoms with Gasteiger partial charge in [-0.2, -0.15) is 13.2 Å². The van der Waals surface area contributed by atoms with Gasteiger partial charge in [0.2, 0.25) is 5.91 Å². The fourth-order valence-corrected chi connectivity index (χ4v) is 6.18. The molecule has 0 radical (unpaired) electrons. The van der Waals surface area contributed by atoms with Gasteiger partial charge in [0.15, 0.2) is 34.7 Å². The maximum Gasteiger partial charge on any atom is 0.401 e. The van der Waals surface area contributed by atoms with Crippen LogP contribution in [-0.2, 0) is 32.1 Å². The number of nitrogens with one attached hydrogen (secondary N) is 1. The Morgan fingerprint density at radius 2 is 1.84 bits per heavy atom. The molecule has 0 aliphatic heterocycles. The quantitative estimate of drug-likeness (QED) is 0.287. The molecule has 0 heterocycles.